The van der Waals surface area contributed by atoms with Crippen molar-refractivity contribution >= 4 is 26.0 Å². The Labute approximate surface area is 115 Å². The minimum Gasteiger partial charge on any atom is -0.388 e. The van der Waals surface area contributed by atoms with Gasteiger partial charge in [-0.15, -0.1) is 0 Å². The SMILES string of the molecule is Cc1ccc(S(=O)(=O)NOCC(C)(C)O)cc1Br. The summed E-state index contributed by atoms with van der Waals surface area (Å²) in [4.78, 5) is 6.85. The van der Waals surface area contributed by atoms with E-state index in [9.17, 15) is 13.5 Å². The summed E-state index contributed by atoms with van der Waals surface area (Å²) >= 11 is 3.27. The average molecular weight is 338 g/mol. The lowest BCUT2D eigenvalue weighted by molar-refractivity contribution is -0.0380. The minimum absolute atomic E-state index is 0.0933. The molecule has 0 radical (unpaired) electrons. The summed E-state index contributed by atoms with van der Waals surface area (Å²) in [5.74, 6) is 0. The first-order valence-electron chi connectivity index (χ1n) is 5.24. The van der Waals surface area contributed by atoms with Crippen LogP contribution in [0.3, 0.4) is 0 Å². The second-order valence-electron chi connectivity index (χ2n) is 4.60. The molecule has 1 aromatic rings. The van der Waals surface area contributed by atoms with E-state index in [-0.39, 0.29) is 11.5 Å². The van der Waals surface area contributed by atoms with Gasteiger partial charge < -0.3 is 5.11 Å². The molecule has 2 N–H and O–H groups in total. The van der Waals surface area contributed by atoms with E-state index in [0.29, 0.717) is 4.47 Å². The van der Waals surface area contributed by atoms with Crippen LogP contribution < -0.4 is 4.89 Å². The minimum atomic E-state index is -3.74. The Balaban J connectivity index is 2.77. The summed E-state index contributed by atoms with van der Waals surface area (Å²) in [6.45, 7) is 4.76. The average Bonchev–Trinajstić information content (AvgIpc) is 2.19. The van der Waals surface area contributed by atoms with E-state index in [1.807, 2.05) is 11.8 Å². The molecular weight excluding hydrogens is 322 g/mol. The molecule has 7 heteroatoms. The molecule has 0 heterocycles. The summed E-state index contributed by atoms with van der Waals surface area (Å²) in [6, 6.07) is 4.66. The molecule has 0 aromatic heterocycles. The normalized spacial score (nSPS) is 12.7. The van der Waals surface area contributed by atoms with Crippen molar-refractivity contribution in [2.45, 2.75) is 31.3 Å². The summed E-state index contributed by atoms with van der Waals surface area (Å²) < 4.78 is 24.4. The van der Waals surface area contributed by atoms with E-state index >= 15 is 0 Å². The molecule has 102 valence electrons. The number of rotatable bonds is 5. The third kappa shape index (κ3) is 4.66. The van der Waals surface area contributed by atoms with Crippen molar-refractivity contribution < 1.29 is 18.4 Å². The van der Waals surface area contributed by atoms with Crippen LogP contribution in [0.2, 0.25) is 0 Å². The highest BCUT2D eigenvalue weighted by atomic mass is 79.9. The standard InChI is InChI=1S/C11H16BrNO4S/c1-8-4-5-9(6-10(8)12)18(15,16)13-17-7-11(2,3)14/h4-6,13-14H,7H2,1-3H3. The fourth-order valence-electron chi connectivity index (χ4n) is 1.07. The monoisotopic (exact) mass is 337 g/mol. The Morgan fingerprint density at radius 3 is 2.56 bits per heavy atom. The van der Waals surface area contributed by atoms with Crippen LogP contribution >= 0.6 is 15.9 Å². The summed E-state index contributed by atoms with van der Waals surface area (Å²) in [7, 11) is -3.74. The zero-order valence-electron chi connectivity index (χ0n) is 10.4. The van der Waals surface area contributed by atoms with Crippen molar-refractivity contribution in [3.8, 4) is 0 Å². The molecular formula is C11H16BrNO4S. The van der Waals surface area contributed by atoms with E-state index in [4.69, 9.17) is 4.84 Å². The van der Waals surface area contributed by atoms with Crippen LogP contribution in [0.5, 0.6) is 0 Å². The largest absolute Gasteiger partial charge is 0.388 e. The van der Waals surface area contributed by atoms with E-state index in [2.05, 4.69) is 15.9 Å². The second-order valence-corrected chi connectivity index (χ2v) is 7.10. The molecule has 5 nitrogen and oxygen atoms in total. The first kappa shape index (κ1) is 15.6. The van der Waals surface area contributed by atoms with Gasteiger partial charge in [-0.1, -0.05) is 26.9 Å². The van der Waals surface area contributed by atoms with Gasteiger partial charge in [0.05, 0.1) is 17.1 Å². The maximum Gasteiger partial charge on any atom is 0.262 e. The Morgan fingerprint density at radius 1 is 1.44 bits per heavy atom. The number of hydrogen-bond donors (Lipinski definition) is 2. The van der Waals surface area contributed by atoms with Crippen LogP contribution in [0.15, 0.2) is 27.6 Å². The molecule has 0 fully saturated rings. The zero-order valence-corrected chi connectivity index (χ0v) is 12.8. The molecule has 0 saturated heterocycles. The lowest BCUT2D eigenvalue weighted by atomic mass is 10.2. The number of nitrogens with one attached hydrogen (secondary N) is 1. The van der Waals surface area contributed by atoms with Crippen LogP contribution in [-0.2, 0) is 14.9 Å². The molecule has 0 aliphatic heterocycles. The molecule has 0 amide bonds. The van der Waals surface area contributed by atoms with Crippen LogP contribution in [0.1, 0.15) is 19.4 Å². The molecule has 0 saturated carbocycles. The lowest BCUT2D eigenvalue weighted by Gasteiger charge is -2.16. The van der Waals surface area contributed by atoms with E-state index in [0.717, 1.165) is 5.56 Å². The number of sulfonamides is 1. The van der Waals surface area contributed by atoms with Gasteiger partial charge in [0.2, 0.25) is 0 Å². The van der Waals surface area contributed by atoms with Gasteiger partial charge in [-0.25, -0.2) is 8.42 Å². The highest BCUT2D eigenvalue weighted by Gasteiger charge is 2.18. The molecule has 0 spiro atoms. The fraction of sp³-hybridized carbons (Fsp3) is 0.455. The third-order valence-electron chi connectivity index (χ3n) is 2.05. The first-order chi connectivity index (χ1) is 8.12. The molecule has 1 rings (SSSR count). The Hall–Kier alpha value is -0.470. The summed E-state index contributed by atoms with van der Waals surface area (Å²) in [5.41, 5.74) is -0.164. The number of aryl methyl sites for hydroxylation is 1. The van der Waals surface area contributed by atoms with Gasteiger partial charge in [-0.2, -0.15) is 0 Å². The predicted octanol–water partition coefficient (Wildman–Crippen LogP) is 1.74. The van der Waals surface area contributed by atoms with E-state index in [1.54, 1.807) is 6.07 Å². The lowest BCUT2D eigenvalue weighted by Crippen LogP contribution is -2.33. The zero-order chi connectivity index (χ0) is 14.0. The molecule has 0 aliphatic carbocycles. The maximum atomic E-state index is 11.8. The van der Waals surface area contributed by atoms with Crippen LogP contribution in [0, 0.1) is 6.92 Å². The molecule has 18 heavy (non-hydrogen) atoms. The van der Waals surface area contributed by atoms with Crippen molar-refractivity contribution in [1.29, 1.82) is 0 Å². The van der Waals surface area contributed by atoms with E-state index in [1.165, 1.54) is 26.0 Å². The topological polar surface area (TPSA) is 75.6 Å². The molecule has 0 aliphatic rings. The van der Waals surface area contributed by atoms with Gasteiger partial charge in [0.15, 0.2) is 0 Å². The van der Waals surface area contributed by atoms with Crippen molar-refractivity contribution in [1.82, 2.24) is 4.89 Å². The van der Waals surface area contributed by atoms with Crippen molar-refractivity contribution in [2.75, 3.05) is 6.61 Å². The highest BCUT2D eigenvalue weighted by molar-refractivity contribution is 9.10. The summed E-state index contributed by atoms with van der Waals surface area (Å²) in [6.07, 6.45) is 0. The van der Waals surface area contributed by atoms with Gasteiger partial charge >= 0.3 is 0 Å². The Bertz CT molecular complexity index is 522. The molecule has 0 bridgehead atoms. The molecule has 0 atom stereocenters. The smallest absolute Gasteiger partial charge is 0.262 e. The van der Waals surface area contributed by atoms with Gasteiger partial charge in [-0.05, 0) is 38.5 Å². The Kier molecular flexibility index (Phi) is 4.90. The van der Waals surface area contributed by atoms with Crippen molar-refractivity contribution in [2.24, 2.45) is 0 Å². The number of hydrogen-bond acceptors (Lipinski definition) is 4. The third-order valence-corrected chi connectivity index (χ3v) is 4.11. The molecule has 0 unspecified atom stereocenters. The van der Waals surface area contributed by atoms with Crippen LogP contribution in [0.25, 0.3) is 0 Å². The highest BCUT2D eigenvalue weighted by Crippen LogP contribution is 2.20. The molecule has 1 aromatic carbocycles. The fourth-order valence-corrected chi connectivity index (χ4v) is 2.43. The van der Waals surface area contributed by atoms with Gasteiger partial charge in [0, 0.05) is 4.47 Å². The maximum absolute atomic E-state index is 11.8. The second kappa shape index (κ2) is 5.66. The predicted molar refractivity (Wildman–Crippen MR) is 71.5 cm³/mol. The van der Waals surface area contributed by atoms with Crippen molar-refractivity contribution in [3.63, 3.8) is 0 Å². The first-order valence-corrected chi connectivity index (χ1v) is 7.51. The number of aliphatic hydroxyl groups is 1. The van der Waals surface area contributed by atoms with Crippen LogP contribution in [0.4, 0.5) is 0 Å². The van der Waals surface area contributed by atoms with Crippen molar-refractivity contribution in [3.05, 3.63) is 28.2 Å². The number of halogens is 1. The quantitative estimate of drug-likeness (QED) is 0.802. The summed E-state index contributed by atoms with van der Waals surface area (Å²) in [5, 5.41) is 9.40. The van der Waals surface area contributed by atoms with Crippen LogP contribution in [-0.4, -0.2) is 25.7 Å². The van der Waals surface area contributed by atoms with Gasteiger partial charge in [0.25, 0.3) is 10.0 Å². The van der Waals surface area contributed by atoms with Gasteiger partial charge in [0.1, 0.15) is 0 Å². The van der Waals surface area contributed by atoms with E-state index < -0.39 is 15.6 Å². The van der Waals surface area contributed by atoms with Gasteiger partial charge in [-0.3, -0.25) is 4.84 Å². The Morgan fingerprint density at radius 2 is 2.06 bits per heavy atom. The number of benzene rings is 1.